The van der Waals surface area contributed by atoms with Crippen LogP contribution < -0.4 is 5.32 Å². The van der Waals surface area contributed by atoms with Crippen molar-refractivity contribution in [3.8, 4) is 0 Å². The average Bonchev–Trinajstić information content (AvgIpc) is 2.67. The molecule has 0 amide bonds. The summed E-state index contributed by atoms with van der Waals surface area (Å²) in [5.41, 5.74) is 2.45. The summed E-state index contributed by atoms with van der Waals surface area (Å²) >= 11 is 0. The molecule has 3 nitrogen and oxygen atoms in total. The molecular weight excluding hydrogens is 210 g/mol. The number of benzene rings is 1. The lowest BCUT2D eigenvalue weighted by molar-refractivity contribution is 0.632. The van der Waals surface area contributed by atoms with Gasteiger partial charge in [-0.05, 0) is 38.4 Å². The van der Waals surface area contributed by atoms with Crippen molar-refractivity contribution in [1.82, 2.24) is 15.1 Å². The molecule has 0 aliphatic carbocycles. The smallest absolute Gasteiger partial charge is 0.0703 e. The summed E-state index contributed by atoms with van der Waals surface area (Å²) in [6, 6.07) is 8.44. The van der Waals surface area contributed by atoms with E-state index in [-0.39, 0.29) is 0 Å². The van der Waals surface area contributed by atoms with E-state index in [1.54, 1.807) is 0 Å². The predicted molar refractivity (Wildman–Crippen MR) is 72.2 cm³/mol. The predicted octanol–water partition coefficient (Wildman–Crippen LogP) is 2.51. The van der Waals surface area contributed by atoms with Crippen LogP contribution in [0.5, 0.6) is 0 Å². The van der Waals surface area contributed by atoms with Gasteiger partial charge in [0, 0.05) is 12.4 Å². The summed E-state index contributed by atoms with van der Waals surface area (Å²) < 4.78 is 1.98. The van der Waals surface area contributed by atoms with Gasteiger partial charge in [-0.3, -0.25) is 4.68 Å². The third-order valence-corrected chi connectivity index (χ3v) is 3.03. The Morgan fingerprint density at radius 2 is 2.06 bits per heavy atom. The zero-order valence-corrected chi connectivity index (χ0v) is 10.7. The summed E-state index contributed by atoms with van der Waals surface area (Å²) in [5, 5.41) is 9.32. The Balaban J connectivity index is 1.99. The normalized spacial score (nSPS) is 11.2. The van der Waals surface area contributed by atoms with Crippen molar-refractivity contribution in [1.29, 1.82) is 0 Å². The van der Waals surface area contributed by atoms with Crippen molar-refractivity contribution >= 4 is 10.9 Å². The molecule has 0 aliphatic rings. The maximum absolute atomic E-state index is 4.60. The molecule has 0 radical (unpaired) electrons. The van der Waals surface area contributed by atoms with Gasteiger partial charge in [0.2, 0.25) is 0 Å². The van der Waals surface area contributed by atoms with Gasteiger partial charge in [0.1, 0.15) is 0 Å². The molecule has 2 rings (SSSR count). The fourth-order valence-corrected chi connectivity index (χ4v) is 2.16. The minimum absolute atomic E-state index is 1.05. The zero-order valence-electron chi connectivity index (χ0n) is 10.7. The van der Waals surface area contributed by atoms with E-state index < -0.39 is 0 Å². The van der Waals surface area contributed by atoms with E-state index >= 15 is 0 Å². The lowest BCUT2D eigenvalue weighted by atomic mass is 10.1. The molecule has 1 N–H and O–H groups in total. The molecule has 3 heteroatoms. The molecule has 1 aromatic carbocycles. The number of para-hydroxylation sites is 1. The van der Waals surface area contributed by atoms with E-state index in [4.69, 9.17) is 0 Å². The number of hydrogen-bond acceptors (Lipinski definition) is 2. The molecule has 2 aromatic rings. The first kappa shape index (κ1) is 12.1. The summed E-state index contributed by atoms with van der Waals surface area (Å²) in [6.45, 7) is 4.39. The standard InChI is InChI=1S/C14H21N3/c1-3-10-15-11-6-8-13-12-7-4-5-9-14(12)17(2)16-13/h4-5,7,9,15H,3,6,8,10-11H2,1-2H3. The molecule has 0 saturated carbocycles. The summed E-state index contributed by atoms with van der Waals surface area (Å²) in [7, 11) is 2.02. The van der Waals surface area contributed by atoms with E-state index in [0.717, 1.165) is 25.9 Å². The van der Waals surface area contributed by atoms with Crippen LogP contribution in [-0.2, 0) is 13.5 Å². The molecule has 0 bridgehead atoms. The number of hydrogen-bond donors (Lipinski definition) is 1. The lowest BCUT2D eigenvalue weighted by Gasteiger charge is -2.01. The second-order valence-electron chi connectivity index (χ2n) is 4.44. The van der Waals surface area contributed by atoms with Crippen LogP contribution in [0.1, 0.15) is 25.5 Å². The lowest BCUT2D eigenvalue weighted by Crippen LogP contribution is -2.16. The topological polar surface area (TPSA) is 29.9 Å². The first-order valence-corrected chi connectivity index (χ1v) is 6.44. The number of fused-ring (bicyclic) bond motifs is 1. The molecule has 92 valence electrons. The summed E-state index contributed by atoms with van der Waals surface area (Å²) in [4.78, 5) is 0. The van der Waals surface area contributed by atoms with Gasteiger partial charge in [-0.25, -0.2) is 0 Å². The van der Waals surface area contributed by atoms with Crippen LogP contribution in [0.25, 0.3) is 10.9 Å². The Bertz CT molecular complexity index is 473. The van der Waals surface area contributed by atoms with Gasteiger partial charge in [-0.1, -0.05) is 25.1 Å². The number of nitrogens with one attached hydrogen (secondary N) is 1. The second-order valence-corrected chi connectivity index (χ2v) is 4.44. The molecule has 17 heavy (non-hydrogen) atoms. The van der Waals surface area contributed by atoms with Gasteiger partial charge in [0.15, 0.2) is 0 Å². The van der Waals surface area contributed by atoms with Crippen LogP contribution in [0, 0.1) is 0 Å². The molecule has 0 saturated heterocycles. The molecule has 1 aromatic heterocycles. The number of rotatable bonds is 6. The van der Waals surface area contributed by atoms with Crippen molar-refractivity contribution in [3.63, 3.8) is 0 Å². The largest absolute Gasteiger partial charge is 0.317 e. The number of nitrogens with zero attached hydrogens (tertiary/aromatic N) is 2. The van der Waals surface area contributed by atoms with Crippen LogP contribution >= 0.6 is 0 Å². The Morgan fingerprint density at radius 3 is 2.88 bits per heavy atom. The van der Waals surface area contributed by atoms with E-state index in [2.05, 4.69) is 41.6 Å². The highest BCUT2D eigenvalue weighted by molar-refractivity contribution is 5.81. The Kier molecular flexibility index (Phi) is 4.15. The van der Waals surface area contributed by atoms with Gasteiger partial charge in [-0.2, -0.15) is 5.10 Å². The van der Waals surface area contributed by atoms with Gasteiger partial charge < -0.3 is 5.32 Å². The second kappa shape index (κ2) is 5.82. The highest BCUT2D eigenvalue weighted by Crippen LogP contribution is 2.18. The van der Waals surface area contributed by atoms with E-state index in [9.17, 15) is 0 Å². The van der Waals surface area contributed by atoms with Gasteiger partial charge in [0.05, 0.1) is 11.2 Å². The van der Waals surface area contributed by atoms with Crippen LogP contribution in [0.4, 0.5) is 0 Å². The third-order valence-electron chi connectivity index (χ3n) is 3.03. The maximum Gasteiger partial charge on any atom is 0.0703 e. The molecule has 0 atom stereocenters. The van der Waals surface area contributed by atoms with Crippen LogP contribution in [0.2, 0.25) is 0 Å². The van der Waals surface area contributed by atoms with Crippen molar-refractivity contribution < 1.29 is 0 Å². The first-order chi connectivity index (χ1) is 8.33. The van der Waals surface area contributed by atoms with Gasteiger partial charge in [-0.15, -0.1) is 0 Å². The van der Waals surface area contributed by atoms with Crippen LogP contribution in [-0.4, -0.2) is 22.9 Å². The highest BCUT2D eigenvalue weighted by Gasteiger charge is 2.06. The van der Waals surface area contributed by atoms with E-state index in [0.29, 0.717) is 0 Å². The van der Waals surface area contributed by atoms with Crippen LogP contribution in [0.3, 0.4) is 0 Å². The third kappa shape index (κ3) is 2.86. The quantitative estimate of drug-likeness (QED) is 0.774. The van der Waals surface area contributed by atoms with Crippen molar-refractivity contribution in [3.05, 3.63) is 30.0 Å². The Labute approximate surface area is 103 Å². The first-order valence-electron chi connectivity index (χ1n) is 6.44. The van der Waals surface area contributed by atoms with Crippen molar-refractivity contribution in [2.24, 2.45) is 7.05 Å². The summed E-state index contributed by atoms with van der Waals surface area (Å²) in [6.07, 6.45) is 3.41. The molecule has 0 fully saturated rings. The maximum atomic E-state index is 4.60. The molecule has 0 aliphatic heterocycles. The Morgan fingerprint density at radius 1 is 1.24 bits per heavy atom. The minimum atomic E-state index is 1.05. The zero-order chi connectivity index (χ0) is 12.1. The van der Waals surface area contributed by atoms with Gasteiger partial charge in [0.25, 0.3) is 0 Å². The van der Waals surface area contributed by atoms with Gasteiger partial charge >= 0.3 is 0 Å². The fourth-order valence-electron chi connectivity index (χ4n) is 2.16. The molecular formula is C14H21N3. The Hall–Kier alpha value is -1.35. The highest BCUT2D eigenvalue weighted by atomic mass is 15.3. The summed E-state index contributed by atoms with van der Waals surface area (Å²) in [5.74, 6) is 0. The van der Waals surface area contributed by atoms with Crippen LogP contribution in [0.15, 0.2) is 24.3 Å². The van der Waals surface area contributed by atoms with Crippen molar-refractivity contribution in [2.45, 2.75) is 26.2 Å². The number of aromatic nitrogens is 2. The fraction of sp³-hybridized carbons (Fsp3) is 0.500. The average molecular weight is 231 g/mol. The molecule has 0 spiro atoms. The SMILES string of the molecule is CCCNCCCc1nn(C)c2ccccc12. The molecule has 0 unspecified atom stereocenters. The molecule has 1 heterocycles. The van der Waals surface area contributed by atoms with E-state index in [1.165, 1.54) is 23.0 Å². The number of aryl methyl sites for hydroxylation is 2. The van der Waals surface area contributed by atoms with E-state index in [1.807, 2.05) is 11.7 Å². The van der Waals surface area contributed by atoms with Crippen molar-refractivity contribution in [2.75, 3.05) is 13.1 Å². The monoisotopic (exact) mass is 231 g/mol. The minimum Gasteiger partial charge on any atom is -0.317 e.